The van der Waals surface area contributed by atoms with E-state index in [-0.39, 0.29) is 0 Å². The Balaban J connectivity index is 2.61. The quantitative estimate of drug-likeness (QED) is 0.560. The third-order valence-electron chi connectivity index (χ3n) is 1.66. The van der Waals surface area contributed by atoms with Crippen LogP contribution in [0, 0.1) is 11.8 Å². The molecule has 0 fully saturated rings. The highest BCUT2D eigenvalue weighted by Gasteiger charge is 1.99. The number of nitrogens with two attached hydrogens (primary N) is 1. The number of rotatable bonds is 0. The van der Waals surface area contributed by atoms with E-state index < -0.39 is 0 Å². The van der Waals surface area contributed by atoms with Crippen molar-refractivity contribution in [2.75, 3.05) is 6.54 Å². The molecule has 2 aromatic heterocycles. The van der Waals surface area contributed by atoms with E-state index in [1.165, 1.54) is 6.33 Å². The Bertz CT molecular complexity index is 475. The van der Waals surface area contributed by atoms with Gasteiger partial charge in [0.2, 0.25) is 0 Å². The first kappa shape index (κ1) is 7.77. The van der Waals surface area contributed by atoms with Crippen molar-refractivity contribution in [2.24, 2.45) is 5.73 Å². The zero-order chi connectivity index (χ0) is 9.10. The van der Waals surface area contributed by atoms with E-state index in [0.29, 0.717) is 6.54 Å². The maximum Gasteiger partial charge on any atom is 0.141 e. The summed E-state index contributed by atoms with van der Waals surface area (Å²) in [5, 5.41) is 0.934. The lowest BCUT2D eigenvalue weighted by molar-refractivity contribution is 1.18. The van der Waals surface area contributed by atoms with Gasteiger partial charge in [-0.1, -0.05) is 5.92 Å². The minimum absolute atomic E-state index is 0.343. The van der Waals surface area contributed by atoms with Crippen LogP contribution >= 0.6 is 0 Å². The number of hydrogen-bond donors (Lipinski definition) is 2. The van der Waals surface area contributed by atoms with Crippen LogP contribution in [0.3, 0.4) is 0 Å². The lowest BCUT2D eigenvalue weighted by Gasteiger charge is -1.90. The molecule has 0 spiro atoms. The molecule has 0 atom stereocenters. The van der Waals surface area contributed by atoms with Gasteiger partial charge in [0.15, 0.2) is 0 Å². The molecular formula is C9H8N4. The number of aromatic nitrogens is 3. The summed E-state index contributed by atoms with van der Waals surface area (Å²) in [6, 6.07) is 1.90. The van der Waals surface area contributed by atoms with Gasteiger partial charge < -0.3 is 10.7 Å². The highest BCUT2D eigenvalue weighted by molar-refractivity contribution is 5.80. The van der Waals surface area contributed by atoms with Crippen molar-refractivity contribution in [3.05, 3.63) is 24.3 Å². The SMILES string of the molecule is NCC#Cc1ncnc2[nH]ccc12. The molecule has 13 heavy (non-hydrogen) atoms. The minimum Gasteiger partial charge on any atom is -0.346 e. The van der Waals surface area contributed by atoms with Crippen molar-refractivity contribution in [2.45, 2.75) is 0 Å². The minimum atomic E-state index is 0.343. The molecule has 2 aromatic rings. The van der Waals surface area contributed by atoms with Crippen molar-refractivity contribution in [1.82, 2.24) is 15.0 Å². The van der Waals surface area contributed by atoms with E-state index in [9.17, 15) is 0 Å². The highest BCUT2D eigenvalue weighted by atomic mass is 14.9. The summed E-state index contributed by atoms with van der Waals surface area (Å²) in [6.45, 7) is 0.343. The summed E-state index contributed by atoms with van der Waals surface area (Å²) in [6.07, 6.45) is 3.30. The Morgan fingerprint density at radius 3 is 3.23 bits per heavy atom. The summed E-state index contributed by atoms with van der Waals surface area (Å²) < 4.78 is 0. The molecule has 0 aliphatic heterocycles. The lowest BCUT2D eigenvalue weighted by Crippen LogP contribution is -1.94. The maximum atomic E-state index is 5.27. The molecule has 0 aliphatic carbocycles. The van der Waals surface area contributed by atoms with Crippen molar-refractivity contribution >= 4 is 11.0 Å². The average Bonchev–Trinajstić information content (AvgIpc) is 2.62. The van der Waals surface area contributed by atoms with Gasteiger partial charge in [0.25, 0.3) is 0 Å². The number of nitrogens with one attached hydrogen (secondary N) is 1. The van der Waals surface area contributed by atoms with Gasteiger partial charge in [-0.2, -0.15) is 0 Å². The molecule has 4 heteroatoms. The molecular weight excluding hydrogens is 164 g/mol. The summed E-state index contributed by atoms with van der Waals surface area (Å²) >= 11 is 0. The van der Waals surface area contributed by atoms with E-state index >= 15 is 0 Å². The van der Waals surface area contributed by atoms with Crippen LogP contribution in [0.15, 0.2) is 18.6 Å². The van der Waals surface area contributed by atoms with E-state index in [2.05, 4.69) is 26.8 Å². The second-order valence-corrected chi connectivity index (χ2v) is 2.47. The maximum absolute atomic E-state index is 5.27. The molecule has 64 valence electrons. The molecule has 0 saturated carbocycles. The monoisotopic (exact) mass is 172 g/mol. The number of fused-ring (bicyclic) bond motifs is 1. The van der Waals surface area contributed by atoms with E-state index in [0.717, 1.165) is 16.7 Å². The molecule has 0 unspecified atom stereocenters. The van der Waals surface area contributed by atoms with Gasteiger partial charge in [-0.3, -0.25) is 0 Å². The van der Waals surface area contributed by atoms with E-state index in [1.54, 1.807) is 0 Å². The number of hydrogen-bond acceptors (Lipinski definition) is 3. The van der Waals surface area contributed by atoms with Crippen LogP contribution in [-0.4, -0.2) is 21.5 Å². The van der Waals surface area contributed by atoms with Crippen LogP contribution in [0.25, 0.3) is 11.0 Å². The first-order valence-corrected chi connectivity index (χ1v) is 3.89. The summed E-state index contributed by atoms with van der Waals surface area (Å²) in [5.41, 5.74) is 6.79. The molecule has 2 heterocycles. The van der Waals surface area contributed by atoms with Crippen molar-refractivity contribution < 1.29 is 0 Å². The Morgan fingerprint density at radius 2 is 2.38 bits per heavy atom. The summed E-state index contributed by atoms with van der Waals surface area (Å²) in [7, 11) is 0. The van der Waals surface area contributed by atoms with Gasteiger partial charge in [-0.05, 0) is 12.0 Å². The Morgan fingerprint density at radius 1 is 1.46 bits per heavy atom. The molecule has 0 radical (unpaired) electrons. The second kappa shape index (κ2) is 3.25. The predicted molar refractivity (Wildman–Crippen MR) is 49.8 cm³/mol. The van der Waals surface area contributed by atoms with Gasteiger partial charge >= 0.3 is 0 Å². The molecule has 0 saturated heterocycles. The topological polar surface area (TPSA) is 67.6 Å². The van der Waals surface area contributed by atoms with Crippen LogP contribution in [0.1, 0.15) is 5.69 Å². The van der Waals surface area contributed by atoms with Crippen LogP contribution in [0.4, 0.5) is 0 Å². The van der Waals surface area contributed by atoms with Gasteiger partial charge in [0, 0.05) is 6.20 Å². The summed E-state index contributed by atoms with van der Waals surface area (Å²) in [4.78, 5) is 11.1. The van der Waals surface area contributed by atoms with Crippen LogP contribution in [-0.2, 0) is 0 Å². The highest BCUT2D eigenvalue weighted by Crippen LogP contribution is 2.10. The zero-order valence-corrected chi connectivity index (χ0v) is 6.91. The molecule has 2 rings (SSSR count). The largest absolute Gasteiger partial charge is 0.346 e. The molecule has 0 bridgehead atoms. The third kappa shape index (κ3) is 1.37. The van der Waals surface area contributed by atoms with Crippen molar-refractivity contribution in [3.63, 3.8) is 0 Å². The van der Waals surface area contributed by atoms with Gasteiger partial charge in [-0.25, -0.2) is 9.97 Å². The Hall–Kier alpha value is -1.86. The first-order valence-electron chi connectivity index (χ1n) is 3.89. The first-order chi connectivity index (χ1) is 6.42. The Kier molecular flexibility index (Phi) is 1.94. The van der Waals surface area contributed by atoms with Crippen LogP contribution < -0.4 is 5.73 Å². The Labute approximate surface area is 75.2 Å². The molecule has 4 nitrogen and oxygen atoms in total. The number of H-pyrrole nitrogens is 1. The molecule has 0 aliphatic rings. The summed E-state index contributed by atoms with van der Waals surface area (Å²) in [5.74, 6) is 5.65. The van der Waals surface area contributed by atoms with Crippen molar-refractivity contribution in [3.8, 4) is 11.8 Å². The lowest BCUT2D eigenvalue weighted by atomic mass is 10.3. The molecule has 3 N–H and O–H groups in total. The fraction of sp³-hybridized carbons (Fsp3) is 0.111. The normalized spacial score (nSPS) is 9.62. The fourth-order valence-corrected chi connectivity index (χ4v) is 1.11. The smallest absolute Gasteiger partial charge is 0.141 e. The number of nitrogens with zero attached hydrogens (tertiary/aromatic N) is 2. The van der Waals surface area contributed by atoms with E-state index in [1.807, 2.05) is 12.3 Å². The van der Waals surface area contributed by atoms with E-state index in [4.69, 9.17) is 5.73 Å². The molecule has 0 aromatic carbocycles. The zero-order valence-electron chi connectivity index (χ0n) is 6.91. The average molecular weight is 172 g/mol. The molecule has 0 amide bonds. The second-order valence-electron chi connectivity index (χ2n) is 2.47. The van der Waals surface area contributed by atoms with Gasteiger partial charge in [-0.15, -0.1) is 0 Å². The van der Waals surface area contributed by atoms with Crippen molar-refractivity contribution in [1.29, 1.82) is 0 Å². The number of aromatic amines is 1. The van der Waals surface area contributed by atoms with Gasteiger partial charge in [0.1, 0.15) is 17.7 Å². The predicted octanol–water partition coefficient (Wildman–Crippen LogP) is 0.268. The van der Waals surface area contributed by atoms with Crippen LogP contribution in [0.2, 0.25) is 0 Å². The van der Waals surface area contributed by atoms with Gasteiger partial charge in [0.05, 0.1) is 11.9 Å². The standard InChI is InChI=1S/C9H8N4/c10-4-1-2-8-7-3-5-11-9(7)13-6-12-8/h3,5-6H,4,10H2,(H,11,12,13). The van der Waals surface area contributed by atoms with Crippen LogP contribution in [0.5, 0.6) is 0 Å². The fourth-order valence-electron chi connectivity index (χ4n) is 1.11. The third-order valence-corrected chi connectivity index (χ3v) is 1.66.